The summed E-state index contributed by atoms with van der Waals surface area (Å²) in [4.78, 5) is 33.6. The van der Waals surface area contributed by atoms with Gasteiger partial charge >= 0.3 is 0 Å². The first-order chi connectivity index (χ1) is 15.1. The lowest BCUT2D eigenvalue weighted by Crippen LogP contribution is -2.25. The largest absolute Gasteiger partial charge is 0.492 e. The van der Waals surface area contributed by atoms with Gasteiger partial charge in [-0.3, -0.25) is 14.9 Å². The summed E-state index contributed by atoms with van der Waals surface area (Å²) in [6.45, 7) is 1.04. The first kappa shape index (κ1) is 21.1. The van der Waals surface area contributed by atoms with Crippen molar-refractivity contribution in [2.24, 2.45) is 0 Å². The lowest BCUT2D eigenvalue weighted by molar-refractivity contribution is -0.118. The maximum atomic E-state index is 11.7. The number of benzene rings is 1. The number of nitrogens with one attached hydrogen (secondary N) is 1. The third kappa shape index (κ3) is 5.74. The monoisotopic (exact) mass is 456 g/mol. The molecule has 0 saturated carbocycles. The molecule has 3 heterocycles. The maximum Gasteiger partial charge on any atom is 0.286 e. The maximum absolute atomic E-state index is 11.7. The quantitative estimate of drug-likeness (QED) is 0.521. The molecule has 1 aliphatic heterocycles. The molecule has 2 amide bonds. The van der Waals surface area contributed by atoms with Gasteiger partial charge in [0.15, 0.2) is 0 Å². The molecule has 0 spiro atoms. The van der Waals surface area contributed by atoms with E-state index in [-0.39, 0.29) is 16.4 Å². The highest BCUT2D eigenvalue weighted by Crippen LogP contribution is 2.24. The van der Waals surface area contributed by atoms with Crippen molar-refractivity contribution in [2.45, 2.75) is 11.7 Å². The molecular weight excluding hydrogens is 436 g/mol. The second kappa shape index (κ2) is 9.80. The fraction of sp³-hybridized carbons (Fsp3) is 0.238. The Bertz CT molecular complexity index is 1040. The molecule has 0 aliphatic carbocycles. The zero-order chi connectivity index (χ0) is 21.6. The van der Waals surface area contributed by atoms with Crippen LogP contribution in [0.2, 0.25) is 0 Å². The van der Waals surface area contributed by atoms with E-state index < -0.39 is 0 Å². The van der Waals surface area contributed by atoms with Gasteiger partial charge in [-0.2, -0.15) is 4.98 Å². The van der Waals surface area contributed by atoms with E-state index in [2.05, 4.69) is 15.3 Å². The van der Waals surface area contributed by atoms with Crippen LogP contribution < -0.4 is 19.7 Å². The number of thiophene rings is 1. The van der Waals surface area contributed by atoms with Crippen LogP contribution in [0.3, 0.4) is 0 Å². The Labute approximate surface area is 187 Å². The lowest BCUT2D eigenvalue weighted by atomic mass is 10.1. The highest BCUT2D eigenvalue weighted by Gasteiger charge is 2.31. The summed E-state index contributed by atoms with van der Waals surface area (Å²) in [5.74, 6) is 2.29. The highest BCUT2D eigenvalue weighted by atomic mass is 32.2. The number of nitrogens with zero attached hydrogens (tertiary/aromatic N) is 3. The van der Waals surface area contributed by atoms with E-state index in [0.29, 0.717) is 31.4 Å². The molecule has 4 rings (SSSR count). The van der Waals surface area contributed by atoms with Crippen molar-refractivity contribution in [2.75, 3.05) is 25.1 Å². The van der Waals surface area contributed by atoms with Crippen molar-refractivity contribution >= 4 is 40.2 Å². The van der Waals surface area contributed by atoms with E-state index in [1.807, 2.05) is 53.0 Å². The summed E-state index contributed by atoms with van der Waals surface area (Å²) < 4.78 is 11.5. The Kier molecular flexibility index (Phi) is 6.68. The van der Waals surface area contributed by atoms with Crippen molar-refractivity contribution in [3.63, 3.8) is 0 Å². The van der Waals surface area contributed by atoms with Gasteiger partial charge in [-0.1, -0.05) is 23.9 Å². The Hall–Kier alpha value is -3.11. The minimum atomic E-state index is -0.368. The molecule has 3 aromatic rings. The van der Waals surface area contributed by atoms with Crippen LogP contribution in [0, 0.1) is 0 Å². The minimum absolute atomic E-state index is 0.231. The molecule has 1 aromatic carbocycles. The van der Waals surface area contributed by atoms with Gasteiger partial charge in [-0.25, -0.2) is 4.98 Å². The summed E-state index contributed by atoms with van der Waals surface area (Å²) in [6, 6.07) is 11.1. The standard InChI is InChI=1S/C21H20N4O4S2/c1-25(20-22-8-6-18(23-20)29-16-7-11-30-13-16)9-10-28-15-4-2-14(3-5-15)12-17-19(26)24-21(27)31-17/h2-8,11,13,17H,9-10,12H2,1H3,(H,24,26,27). The van der Waals surface area contributed by atoms with Gasteiger partial charge in [-0.15, -0.1) is 11.3 Å². The van der Waals surface area contributed by atoms with E-state index in [4.69, 9.17) is 9.47 Å². The fourth-order valence-corrected chi connectivity index (χ4v) is 4.28. The van der Waals surface area contributed by atoms with E-state index >= 15 is 0 Å². The number of amides is 2. The van der Waals surface area contributed by atoms with Gasteiger partial charge in [0.1, 0.15) is 18.1 Å². The Morgan fingerprint density at radius 1 is 1.13 bits per heavy atom. The fourth-order valence-electron chi connectivity index (χ4n) is 2.87. The van der Waals surface area contributed by atoms with Crippen molar-refractivity contribution in [1.29, 1.82) is 0 Å². The van der Waals surface area contributed by atoms with Crippen molar-refractivity contribution < 1.29 is 19.1 Å². The smallest absolute Gasteiger partial charge is 0.286 e. The molecule has 0 radical (unpaired) electrons. The summed E-state index contributed by atoms with van der Waals surface area (Å²) in [6.07, 6.45) is 2.17. The highest BCUT2D eigenvalue weighted by molar-refractivity contribution is 8.15. The number of rotatable bonds is 9. The van der Waals surface area contributed by atoms with E-state index in [1.165, 1.54) is 0 Å². The zero-order valence-electron chi connectivity index (χ0n) is 16.7. The molecule has 1 atom stereocenters. The Morgan fingerprint density at radius 2 is 1.97 bits per heavy atom. The van der Waals surface area contributed by atoms with Gasteiger partial charge in [0.25, 0.3) is 5.24 Å². The van der Waals surface area contributed by atoms with E-state index in [1.54, 1.807) is 23.6 Å². The molecule has 1 fully saturated rings. The van der Waals surface area contributed by atoms with Crippen LogP contribution in [0.1, 0.15) is 5.56 Å². The van der Waals surface area contributed by atoms with Gasteiger partial charge in [-0.05, 0) is 35.6 Å². The second-order valence-corrected chi connectivity index (χ2v) is 8.71. The number of carbonyl (C=O) groups is 2. The Balaban J connectivity index is 1.25. The molecule has 10 heteroatoms. The van der Waals surface area contributed by atoms with Crippen molar-refractivity contribution in [3.05, 3.63) is 58.9 Å². The molecule has 31 heavy (non-hydrogen) atoms. The normalized spacial score (nSPS) is 15.6. The summed E-state index contributed by atoms with van der Waals surface area (Å²) >= 11 is 2.59. The Morgan fingerprint density at radius 3 is 2.68 bits per heavy atom. The average Bonchev–Trinajstić information content (AvgIpc) is 3.38. The third-order valence-electron chi connectivity index (χ3n) is 4.48. The molecule has 2 aromatic heterocycles. The number of ether oxygens (including phenoxy) is 2. The van der Waals surface area contributed by atoms with Crippen LogP contribution in [0.5, 0.6) is 17.4 Å². The molecule has 1 unspecified atom stereocenters. The first-order valence-electron chi connectivity index (χ1n) is 9.54. The number of hydrogen-bond donors (Lipinski definition) is 1. The third-order valence-corrected chi connectivity index (χ3v) is 6.13. The van der Waals surface area contributed by atoms with E-state index in [0.717, 1.165) is 28.8 Å². The average molecular weight is 457 g/mol. The van der Waals surface area contributed by atoms with Gasteiger partial charge in [0.2, 0.25) is 17.7 Å². The predicted molar refractivity (Wildman–Crippen MR) is 120 cm³/mol. The van der Waals surface area contributed by atoms with Gasteiger partial charge < -0.3 is 14.4 Å². The SMILES string of the molecule is CN(CCOc1ccc(CC2SC(=O)NC2=O)cc1)c1nccc(Oc2ccsc2)n1. The molecule has 0 bridgehead atoms. The second-order valence-electron chi connectivity index (χ2n) is 6.76. The zero-order valence-corrected chi connectivity index (χ0v) is 18.3. The number of aromatic nitrogens is 2. The molecule has 1 N–H and O–H groups in total. The number of carbonyl (C=O) groups excluding carboxylic acids is 2. The summed E-state index contributed by atoms with van der Waals surface area (Å²) in [5.41, 5.74) is 0.975. The number of hydrogen-bond acceptors (Lipinski definition) is 9. The van der Waals surface area contributed by atoms with Crippen LogP contribution in [-0.2, 0) is 11.2 Å². The number of anilines is 1. The minimum Gasteiger partial charge on any atom is -0.492 e. The van der Waals surface area contributed by atoms with Crippen LogP contribution in [0.4, 0.5) is 10.7 Å². The molecular formula is C21H20N4O4S2. The van der Waals surface area contributed by atoms with Crippen LogP contribution >= 0.6 is 23.1 Å². The predicted octanol–water partition coefficient (Wildman–Crippen LogP) is 3.74. The van der Waals surface area contributed by atoms with Crippen LogP contribution in [0.25, 0.3) is 0 Å². The van der Waals surface area contributed by atoms with E-state index in [9.17, 15) is 9.59 Å². The van der Waals surface area contributed by atoms with Gasteiger partial charge in [0, 0.05) is 24.7 Å². The van der Waals surface area contributed by atoms with Crippen LogP contribution in [0.15, 0.2) is 53.4 Å². The summed E-state index contributed by atoms with van der Waals surface area (Å²) in [5, 5.41) is 5.50. The van der Waals surface area contributed by atoms with Crippen LogP contribution in [-0.4, -0.2) is 46.6 Å². The first-order valence-corrected chi connectivity index (χ1v) is 11.4. The lowest BCUT2D eigenvalue weighted by Gasteiger charge is -2.17. The van der Waals surface area contributed by atoms with Crippen molar-refractivity contribution in [3.8, 4) is 17.4 Å². The summed E-state index contributed by atoms with van der Waals surface area (Å²) in [7, 11) is 1.89. The molecule has 1 aliphatic rings. The topological polar surface area (TPSA) is 93.7 Å². The number of thioether (sulfide) groups is 1. The number of imide groups is 1. The van der Waals surface area contributed by atoms with Gasteiger partial charge in [0.05, 0.1) is 11.8 Å². The molecule has 8 nitrogen and oxygen atoms in total. The number of likely N-dealkylation sites (N-methyl/N-ethyl adjacent to an activating group) is 1. The molecule has 160 valence electrons. The molecule has 1 saturated heterocycles. The van der Waals surface area contributed by atoms with Crippen molar-refractivity contribution in [1.82, 2.24) is 15.3 Å².